The van der Waals surface area contributed by atoms with Gasteiger partial charge in [-0.3, -0.25) is 14.5 Å². The molecule has 0 unspecified atom stereocenters. The van der Waals surface area contributed by atoms with Gasteiger partial charge in [-0.05, 0) is 42.8 Å². The molecule has 120 valence electrons. The van der Waals surface area contributed by atoms with Crippen LogP contribution in [0.1, 0.15) is 22.8 Å². The molecule has 1 saturated heterocycles. The van der Waals surface area contributed by atoms with Crippen LogP contribution in [0.4, 0.5) is 10.1 Å². The maximum atomic E-state index is 13.3. The number of carbonyl (C=O) groups is 2. The number of hydrogen-bond donors (Lipinski definition) is 0. The second-order valence-electron chi connectivity index (χ2n) is 5.18. The Bertz CT molecular complexity index is 892. The average Bonchev–Trinajstić information content (AvgIpc) is 2.81. The fourth-order valence-electron chi connectivity index (χ4n) is 2.30. The Morgan fingerprint density at radius 1 is 1.21 bits per heavy atom. The number of anilines is 1. The first-order valence-corrected chi connectivity index (χ1v) is 8.33. The van der Waals surface area contributed by atoms with Gasteiger partial charge >= 0.3 is 0 Å². The van der Waals surface area contributed by atoms with E-state index in [9.17, 15) is 14.0 Å². The lowest BCUT2D eigenvalue weighted by molar-refractivity contribution is -0.113. The topological polar surface area (TPSA) is 37.4 Å². The van der Waals surface area contributed by atoms with Gasteiger partial charge in [0.2, 0.25) is 0 Å². The van der Waals surface area contributed by atoms with Crippen molar-refractivity contribution in [1.29, 1.82) is 0 Å². The van der Waals surface area contributed by atoms with Gasteiger partial charge in [-0.2, -0.15) is 0 Å². The summed E-state index contributed by atoms with van der Waals surface area (Å²) < 4.78 is 13.7. The van der Waals surface area contributed by atoms with Crippen LogP contribution in [-0.2, 0) is 4.79 Å². The summed E-state index contributed by atoms with van der Waals surface area (Å²) in [6, 6.07) is 12.7. The molecule has 0 radical (unpaired) electrons. The molecule has 3 rings (SSSR count). The molecule has 2 aromatic carbocycles. The highest BCUT2D eigenvalue weighted by molar-refractivity contribution is 8.27. The number of hydrogen-bond acceptors (Lipinski definition) is 4. The molecule has 0 N–H and O–H groups in total. The van der Waals surface area contributed by atoms with Gasteiger partial charge in [0.05, 0.1) is 10.6 Å². The zero-order valence-electron chi connectivity index (χ0n) is 12.7. The van der Waals surface area contributed by atoms with Gasteiger partial charge in [0.15, 0.2) is 10.1 Å². The van der Waals surface area contributed by atoms with Gasteiger partial charge in [0, 0.05) is 5.56 Å². The Labute approximate surface area is 148 Å². The normalized spacial score (nSPS) is 16.1. The van der Waals surface area contributed by atoms with E-state index in [2.05, 4.69) is 0 Å². The predicted molar refractivity (Wildman–Crippen MR) is 98.5 cm³/mol. The number of nitrogens with zero attached hydrogens (tertiary/aromatic N) is 1. The number of ketones is 1. The highest BCUT2D eigenvalue weighted by Gasteiger charge is 2.33. The molecule has 1 heterocycles. The number of halogens is 1. The maximum absolute atomic E-state index is 13.3. The molecule has 0 aliphatic carbocycles. The molecule has 0 bridgehead atoms. The summed E-state index contributed by atoms with van der Waals surface area (Å²) in [5.74, 6) is -0.735. The molecule has 1 aliphatic heterocycles. The minimum atomic E-state index is -0.367. The number of rotatable bonds is 3. The Kier molecular flexibility index (Phi) is 4.59. The highest BCUT2D eigenvalue weighted by atomic mass is 32.2. The first-order valence-electron chi connectivity index (χ1n) is 7.10. The van der Waals surface area contributed by atoms with Crippen molar-refractivity contribution in [1.82, 2.24) is 0 Å². The van der Waals surface area contributed by atoms with E-state index in [4.69, 9.17) is 12.2 Å². The van der Waals surface area contributed by atoms with Crippen molar-refractivity contribution < 1.29 is 14.0 Å². The molecule has 2 aromatic rings. The van der Waals surface area contributed by atoms with Crippen LogP contribution in [0, 0.1) is 5.82 Å². The number of thioether (sulfide) groups is 1. The second kappa shape index (κ2) is 6.67. The molecule has 0 aromatic heterocycles. The molecule has 1 aliphatic rings. The van der Waals surface area contributed by atoms with E-state index in [1.54, 1.807) is 42.5 Å². The minimum absolute atomic E-state index is 0.0856. The van der Waals surface area contributed by atoms with Crippen molar-refractivity contribution in [2.45, 2.75) is 6.92 Å². The summed E-state index contributed by atoms with van der Waals surface area (Å²) in [7, 11) is 0. The van der Waals surface area contributed by atoms with E-state index in [0.29, 0.717) is 26.0 Å². The van der Waals surface area contributed by atoms with Gasteiger partial charge in [-0.15, -0.1) is 0 Å². The fourth-order valence-corrected chi connectivity index (χ4v) is 3.60. The van der Waals surface area contributed by atoms with Crippen LogP contribution in [0.2, 0.25) is 0 Å². The lowest BCUT2D eigenvalue weighted by Crippen LogP contribution is -2.27. The third kappa shape index (κ3) is 3.29. The van der Waals surface area contributed by atoms with E-state index < -0.39 is 0 Å². The minimum Gasteiger partial charge on any atom is -0.295 e. The number of thiocarbonyl (C=S) groups is 1. The molecular formula is C18H12FNO2S2. The quantitative estimate of drug-likeness (QED) is 0.462. The van der Waals surface area contributed by atoms with E-state index in [1.807, 2.05) is 0 Å². The average molecular weight is 357 g/mol. The lowest BCUT2D eigenvalue weighted by atomic mass is 10.1. The molecule has 0 atom stereocenters. The van der Waals surface area contributed by atoms with Crippen molar-refractivity contribution >= 4 is 51.8 Å². The highest BCUT2D eigenvalue weighted by Crippen LogP contribution is 2.36. The third-order valence-corrected chi connectivity index (χ3v) is 4.75. The van der Waals surface area contributed by atoms with Crippen molar-refractivity contribution in [3.8, 4) is 0 Å². The van der Waals surface area contributed by atoms with Crippen LogP contribution in [0.25, 0.3) is 6.08 Å². The largest absolute Gasteiger partial charge is 0.295 e. The second-order valence-corrected chi connectivity index (χ2v) is 6.85. The van der Waals surface area contributed by atoms with Crippen molar-refractivity contribution in [2.75, 3.05) is 4.90 Å². The van der Waals surface area contributed by atoms with Gasteiger partial charge in [-0.1, -0.05) is 48.2 Å². The summed E-state index contributed by atoms with van der Waals surface area (Å²) in [4.78, 5) is 26.0. The van der Waals surface area contributed by atoms with Gasteiger partial charge in [-0.25, -0.2) is 4.39 Å². The van der Waals surface area contributed by atoms with Crippen LogP contribution in [-0.4, -0.2) is 16.0 Å². The van der Waals surface area contributed by atoms with Crippen molar-refractivity contribution in [2.24, 2.45) is 0 Å². The summed E-state index contributed by atoms with van der Waals surface area (Å²) in [6.45, 7) is 1.47. The summed E-state index contributed by atoms with van der Waals surface area (Å²) in [6.07, 6.45) is 1.61. The fraction of sp³-hybridized carbons (Fsp3) is 0.0556. The van der Waals surface area contributed by atoms with Crippen LogP contribution < -0.4 is 4.90 Å². The van der Waals surface area contributed by atoms with Gasteiger partial charge < -0.3 is 0 Å². The van der Waals surface area contributed by atoms with Crippen molar-refractivity contribution in [3.63, 3.8) is 0 Å². The zero-order chi connectivity index (χ0) is 17.3. The molecule has 1 amide bonds. The first kappa shape index (κ1) is 16.5. The first-order chi connectivity index (χ1) is 11.5. The third-order valence-electron chi connectivity index (χ3n) is 3.45. The lowest BCUT2D eigenvalue weighted by Gasteiger charge is -2.15. The molecule has 3 nitrogen and oxygen atoms in total. The van der Waals surface area contributed by atoms with Crippen LogP contribution in [0.15, 0.2) is 53.4 Å². The molecule has 6 heteroatoms. The standard InChI is InChI=1S/C18H12FNO2S2/c1-11(21)13-5-3-7-15(10-13)20-17(22)16(24-18(20)23)9-12-4-2-6-14(19)8-12/h2-10H,1H3. The molecule has 0 saturated carbocycles. The van der Waals surface area contributed by atoms with E-state index >= 15 is 0 Å². The molecule has 1 fully saturated rings. The summed E-state index contributed by atoms with van der Waals surface area (Å²) in [5.41, 5.74) is 1.65. The Balaban J connectivity index is 1.95. The predicted octanol–water partition coefficient (Wildman–Crippen LogP) is 4.43. The number of Topliss-reactive ketones (excluding diaryl/α,β-unsaturated/α-hetero) is 1. The maximum Gasteiger partial charge on any atom is 0.270 e. The SMILES string of the molecule is CC(=O)c1cccc(N2C(=O)C(=Cc3cccc(F)c3)SC2=S)c1. The zero-order valence-corrected chi connectivity index (χ0v) is 14.3. The Hall–Kier alpha value is -2.31. The monoisotopic (exact) mass is 357 g/mol. The van der Waals surface area contributed by atoms with Crippen molar-refractivity contribution in [3.05, 3.63) is 70.4 Å². The molecule has 0 spiro atoms. The van der Waals surface area contributed by atoms with E-state index in [-0.39, 0.29) is 17.5 Å². The Morgan fingerprint density at radius 2 is 1.96 bits per heavy atom. The summed E-state index contributed by atoms with van der Waals surface area (Å²) in [5, 5.41) is 0. The molecule has 24 heavy (non-hydrogen) atoms. The van der Waals surface area contributed by atoms with Crippen LogP contribution in [0.5, 0.6) is 0 Å². The number of benzene rings is 2. The van der Waals surface area contributed by atoms with Gasteiger partial charge in [0.1, 0.15) is 5.82 Å². The van der Waals surface area contributed by atoms with Gasteiger partial charge in [0.25, 0.3) is 5.91 Å². The molecular weight excluding hydrogens is 345 g/mol. The number of carbonyl (C=O) groups excluding carboxylic acids is 2. The van der Waals surface area contributed by atoms with Crippen LogP contribution in [0.3, 0.4) is 0 Å². The van der Waals surface area contributed by atoms with E-state index in [0.717, 1.165) is 11.8 Å². The smallest absolute Gasteiger partial charge is 0.270 e. The summed E-state index contributed by atoms with van der Waals surface area (Å²) >= 11 is 6.45. The van der Waals surface area contributed by atoms with Crippen LogP contribution >= 0.6 is 24.0 Å². The Morgan fingerprint density at radius 3 is 2.67 bits per heavy atom. The number of amides is 1. The van der Waals surface area contributed by atoms with E-state index in [1.165, 1.54) is 24.0 Å².